The van der Waals surface area contributed by atoms with Crippen molar-refractivity contribution in [1.29, 1.82) is 0 Å². The van der Waals surface area contributed by atoms with Crippen LogP contribution in [0.4, 0.5) is 0 Å². The van der Waals surface area contributed by atoms with Crippen LogP contribution < -0.4 is 19.5 Å². The van der Waals surface area contributed by atoms with Gasteiger partial charge in [-0.1, -0.05) is 6.07 Å². The zero-order valence-electron chi connectivity index (χ0n) is 13.5. The summed E-state index contributed by atoms with van der Waals surface area (Å²) in [5, 5.41) is 2.85. The molecule has 1 aromatic heterocycles. The highest BCUT2D eigenvalue weighted by atomic mass is 16.5. The van der Waals surface area contributed by atoms with Crippen molar-refractivity contribution in [3.63, 3.8) is 0 Å². The summed E-state index contributed by atoms with van der Waals surface area (Å²) in [6, 6.07) is 8.70. The summed E-state index contributed by atoms with van der Waals surface area (Å²) < 4.78 is 15.8. The molecule has 0 unspecified atom stereocenters. The minimum Gasteiger partial charge on any atom is -0.493 e. The lowest BCUT2D eigenvalue weighted by molar-refractivity contribution is 0.0950. The molecular formula is C17H20N2O4. The number of carbonyl (C=O) groups excluding carboxylic acids is 1. The largest absolute Gasteiger partial charge is 0.493 e. The van der Waals surface area contributed by atoms with E-state index in [-0.39, 0.29) is 5.91 Å². The molecule has 0 aliphatic carbocycles. The van der Waals surface area contributed by atoms with E-state index in [1.165, 1.54) is 7.11 Å². The smallest absolute Gasteiger partial charge is 0.251 e. The number of pyridine rings is 1. The fraction of sp³-hybridized carbons (Fsp3) is 0.294. The fourth-order valence-electron chi connectivity index (χ4n) is 2.08. The van der Waals surface area contributed by atoms with Gasteiger partial charge in [0, 0.05) is 23.9 Å². The number of ether oxygens (including phenoxy) is 3. The number of rotatable bonds is 7. The van der Waals surface area contributed by atoms with E-state index in [0.717, 1.165) is 5.56 Å². The molecule has 122 valence electrons. The third kappa shape index (κ3) is 4.12. The van der Waals surface area contributed by atoms with E-state index in [1.807, 2.05) is 13.0 Å². The Morgan fingerprint density at radius 3 is 2.65 bits per heavy atom. The van der Waals surface area contributed by atoms with Crippen LogP contribution in [0.1, 0.15) is 22.8 Å². The highest BCUT2D eigenvalue weighted by Crippen LogP contribution is 2.27. The predicted octanol–water partition coefficient (Wildman–Crippen LogP) is 2.43. The molecule has 0 atom stereocenters. The van der Waals surface area contributed by atoms with Crippen LogP contribution >= 0.6 is 0 Å². The summed E-state index contributed by atoms with van der Waals surface area (Å²) in [7, 11) is 3.08. The van der Waals surface area contributed by atoms with Crippen molar-refractivity contribution in [1.82, 2.24) is 10.3 Å². The zero-order valence-corrected chi connectivity index (χ0v) is 13.5. The molecule has 0 bridgehead atoms. The molecule has 0 aliphatic heterocycles. The van der Waals surface area contributed by atoms with Crippen LogP contribution in [0.2, 0.25) is 0 Å². The lowest BCUT2D eigenvalue weighted by Gasteiger charge is -2.11. The number of hydrogen-bond donors (Lipinski definition) is 1. The highest BCUT2D eigenvalue weighted by Gasteiger charge is 2.12. The Bertz CT molecular complexity index is 673. The minimum absolute atomic E-state index is 0.211. The fourth-order valence-corrected chi connectivity index (χ4v) is 2.08. The number of nitrogens with zero attached hydrogens (tertiary/aromatic N) is 1. The molecule has 0 saturated heterocycles. The van der Waals surface area contributed by atoms with E-state index in [2.05, 4.69) is 10.3 Å². The Labute approximate surface area is 135 Å². The van der Waals surface area contributed by atoms with Crippen LogP contribution in [0.15, 0.2) is 36.5 Å². The molecule has 0 spiro atoms. The normalized spacial score (nSPS) is 10.0. The second-order valence-electron chi connectivity index (χ2n) is 4.65. The zero-order chi connectivity index (χ0) is 16.7. The summed E-state index contributed by atoms with van der Waals surface area (Å²) in [5.74, 6) is 1.41. The molecule has 0 aliphatic rings. The quantitative estimate of drug-likeness (QED) is 0.849. The average molecular weight is 316 g/mol. The minimum atomic E-state index is -0.211. The predicted molar refractivity (Wildman–Crippen MR) is 86.1 cm³/mol. The van der Waals surface area contributed by atoms with Gasteiger partial charge < -0.3 is 19.5 Å². The molecule has 2 rings (SSSR count). The summed E-state index contributed by atoms with van der Waals surface area (Å²) >= 11 is 0. The second kappa shape index (κ2) is 8.03. The molecule has 1 amide bonds. The van der Waals surface area contributed by atoms with Crippen molar-refractivity contribution in [2.45, 2.75) is 13.5 Å². The molecule has 6 nitrogen and oxygen atoms in total. The van der Waals surface area contributed by atoms with Crippen molar-refractivity contribution in [2.75, 3.05) is 20.8 Å². The van der Waals surface area contributed by atoms with E-state index >= 15 is 0 Å². The maximum absolute atomic E-state index is 12.3. The first-order valence-corrected chi connectivity index (χ1v) is 7.26. The Morgan fingerprint density at radius 1 is 1.17 bits per heavy atom. The van der Waals surface area contributed by atoms with Crippen LogP contribution in [0.25, 0.3) is 0 Å². The molecule has 1 N–H and O–H groups in total. The van der Waals surface area contributed by atoms with Gasteiger partial charge in [0.15, 0.2) is 11.5 Å². The third-order valence-corrected chi connectivity index (χ3v) is 3.22. The maximum Gasteiger partial charge on any atom is 0.251 e. The number of nitrogens with one attached hydrogen (secondary N) is 1. The van der Waals surface area contributed by atoms with Crippen molar-refractivity contribution >= 4 is 5.91 Å². The number of aromatic nitrogens is 1. The summed E-state index contributed by atoms with van der Waals surface area (Å²) in [5.41, 5.74) is 1.31. The standard InChI is InChI=1S/C17H20N2O4/c1-4-23-17-13(6-5-9-18-17)11-19-16(20)12-7-8-14(21-2)15(10-12)22-3/h5-10H,4,11H2,1-3H3,(H,19,20). The summed E-state index contributed by atoms with van der Waals surface area (Å²) in [4.78, 5) is 16.4. The van der Waals surface area contributed by atoms with Gasteiger partial charge in [0.25, 0.3) is 5.91 Å². The molecule has 23 heavy (non-hydrogen) atoms. The van der Waals surface area contributed by atoms with Crippen LogP contribution in [-0.2, 0) is 6.54 Å². The lowest BCUT2D eigenvalue weighted by atomic mass is 10.2. The van der Waals surface area contributed by atoms with Crippen LogP contribution in [0.3, 0.4) is 0 Å². The van der Waals surface area contributed by atoms with Gasteiger partial charge in [-0.3, -0.25) is 4.79 Å². The van der Waals surface area contributed by atoms with Gasteiger partial charge in [0.2, 0.25) is 5.88 Å². The van der Waals surface area contributed by atoms with E-state index in [9.17, 15) is 4.79 Å². The SMILES string of the molecule is CCOc1ncccc1CNC(=O)c1ccc(OC)c(OC)c1. The molecule has 6 heteroatoms. The second-order valence-corrected chi connectivity index (χ2v) is 4.65. The Hall–Kier alpha value is -2.76. The van der Waals surface area contributed by atoms with Gasteiger partial charge in [-0.15, -0.1) is 0 Å². The number of amides is 1. The van der Waals surface area contributed by atoms with E-state index in [1.54, 1.807) is 37.6 Å². The Balaban J connectivity index is 2.08. The monoisotopic (exact) mass is 316 g/mol. The molecule has 0 saturated carbocycles. The van der Waals surface area contributed by atoms with Crippen molar-refractivity contribution < 1.29 is 19.0 Å². The van der Waals surface area contributed by atoms with Gasteiger partial charge >= 0.3 is 0 Å². The van der Waals surface area contributed by atoms with E-state index in [4.69, 9.17) is 14.2 Å². The summed E-state index contributed by atoms with van der Waals surface area (Å²) in [6.45, 7) is 2.74. The number of methoxy groups -OCH3 is 2. The maximum atomic E-state index is 12.3. The highest BCUT2D eigenvalue weighted by molar-refractivity contribution is 5.94. The molecule has 0 radical (unpaired) electrons. The third-order valence-electron chi connectivity index (χ3n) is 3.22. The molecular weight excluding hydrogens is 296 g/mol. The first-order valence-electron chi connectivity index (χ1n) is 7.26. The number of benzene rings is 1. The number of carbonyl (C=O) groups is 1. The topological polar surface area (TPSA) is 69.7 Å². The van der Waals surface area contributed by atoms with Gasteiger partial charge in [-0.2, -0.15) is 0 Å². The lowest BCUT2D eigenvalue weighted by Crippen LogP contribution is -2.23. The first kappa shape index (κ1) is 16.6. The van der Waals surface area contributed by atoms with Gasteiger partial charge in [-0.05, 0) is 31.2 Å². The first-order chi connectivity index (χ1) is 11.2. The van der Waals surface area contributed by atoms with E-state index in [0.29, 0.717) is 36.1 Å². The van der Waals surface area contributed by atoms with Crippen molar-refractivity contribution in [3.05, 3.63) is 47.7 Å². The Kier molecular flexibility index (Phi) is 5.80. The Morgan fingerprint density at radius 2 is 1.96 bits per heavy atom. The molecule has 1 aromatic carbocycles. The average Bonchev–Trinajstić information content (AvgIpc) is 2.60. The van der Waals surface area contributed by atoms with Crippen molar-refractivity contribution in [2.24, 2.45) is 0 Å². The molecule has 2 aromatic rings. The molecule has 0 fully saturated rings. The summed E-state index contributed by atoms with van der Waals surface area (Å²) in [6.07, 6.45) is 1.66. The van der Waals surface area contributed by atoms with E-state index < -0.39 is 0 Å². The number of hydrogen-bond acceptors (Lipinski definition) is 5. The van der Waals surface area contributed by atoms with Gasteiger partial charge in [0.1, 0.15) is 0 Å². The van der Waals surface area contributed by atoms with Gasteiger partial charge in [-0.25, -0.2) is 4.98 Å². The van der Waals surface area contributed by atoms with Crippen molar-refractivity contribution in [3.8, 4) is 17.4 Å². The van der Waals surface area contributed by atoms with Crippen LogP contribution in [-0.4, -0.2) is 31.7 Å². The van der Waals surface area contributed by atoms with Crippen LogP contribution in [0, 0.1) is 0 Å². The molecule has 1 heterocycles. The van der Waals surface area contributed by atoms with Crippen LogP contribution in [0.5, 0.6) is 17.4 Å². The van der Waals surface area contributed by atoms with Gasteiger partial charge in [0.05, 0.1) is 20.8 Å².